The topological polar surface area (TPSA) is 36.5 Å². The number of ether oxygens (including phenoxy) is 2. The molecule has 0 saturated heterocycles. The van der Waals surface area contributed by atoms with Crippen molar-refractivity contribution >= 4 is 43.7 Å². The SMILES string of the molecule is CC1(C)Oc2cc(-n3c4ccccc4c4ccccc43)ccc2-c2cc(-c3ccc4oc5ccccc5c4c3)ccc2O1. The molecular formula is C39H27NO3. The van der Waals surface area contributed by atoms with Crippen LogP contribution in [0, 0.1) is 0 Å². The third kappa shape index (κ3) is 3.70. The molecular weight excluding hydrogens is 530 g/mol. The van der Waals surface area contributed by atoms with Crippen LogP contribution in [0.5, 0.6) is 11.5 Å². The standard InChI is InChI=1S/C39H27NO3/c1-39(2)42-37-20-16-25(24-15-19-36-31(21-24)29-11-5-8-14-35(29)41-36)22-32(37)30-18-17-26(23-38(30)43-39)40-33-12-6-3-9-27(33)28-10-4-7-13-34(28)40/h3-23H,1-2H3. The van der Waals surface area contributed by atoms with Crippen molar-refractivity contribution in [2.75, 3.05) is 0 Å². The van der Waals surface area contributed by atoms with Crippen molar-refractivity contribution in [3.05, 3.63) is 127 Å². The summed E-state index contributed by atoms with van der Waals surface area (Å²) in [6.07, 6.45) is 0. The predicted molar refractivity (Wildman–Crippen MR) is 174 cm³/mol. The number of hydrogen-bond acceptors (Lipinski definition) is 3. The summed E-state index contributed by atoms with van der Waals surface area (Å²) < 4.78 is 21.4. The summed E-state index contributed by atoms with van der Waals surface area (Å²) >= 11 is 0. The number of benzene rings is 6. The monoisotopic (exact) mass is 557 g/mol. The van der Waals surface area contributed by atoms with E-state index in [1.165, 1.54) is 10.8 Å². The fraction of sp³-hybridized carbons (Fsp3) is 0.0769. The van der Waals surface area contributed by atoms with Gasteiger partial charge in [0.1, 0.15) is 22.7 Å². The van der Waals surface area contributed by atoms with Gasteiger partial charge < -0.3 is 18.5 Å². The maximum Gasteiger partial charge on any atom is 0.245 e. The van der Waals surface area contributed by atoms with E-state index in [9.17, 15) is 0 Å². The number of rotatable bonds is 2. The Hall–Kier alpha value is -5.48. The van der Waals surface area contributed by atoms with E-state index < -0.39 is 5.79 Å². The summed E-state index contributed by atoms with van der Waals surface area (Å²) in [5, 5.41) is 4.69. The van der Waals surface area contributed by atoms with E-state index in [0.717, 1.165) is 72.4 Å². The van der Waals surface area contributed by atoms with Crippen LogP contribution in [0.3, 0.4) is 0 Å². The van der Waals surface area contributed by atoms with Crippen molar-refractivity contribution in [3.63, 3.8) is 0 Å². The fourth-order valence-electron chi connectivity index (χ4n) is 6.62. The first-order valence-corrected chi connectivity index (χ1v) is 14.6. The zero-order chi connectivity index (χ0) is 28.7. The van der Waals surface area contributed by atoms with E-state index in [4.69, 9.17) is 13.9 Å². The lowest BCUT2D eigenvalue weighted by Crippen LogP contribution is -2.34. The van der Waals surface area contributed by atoms with Crippen molar-refractivity contribution in [3.8, 4) is 39.4 Å². The lowest BCUT2D eigenvalue weighted by molar-refractivity contribution is -0.0778. The lowest BCUT2D eigenvalue weighted by Gasteiger charge is -2.26. The predicted octanol–water partition coefficient (Wildman–Crippen LogP) is 10.5. The van der Waals surface area contributed by atoms with Gasteiger partial charge in [-0.15, -0.1) is 0 Å². The van der Waals surface area contributed by atoms with Crippen LogP contribution in [0.2, 0.25) is 0 Å². The van der Waals surface area contributed by atoms with E-state index >= 15 is 0 Å². The molecule has 3 heterocycles. The second kappa shape index (κ2) is 8.76. The van der Waals surface area contributed by atoms with Crippen molar-refractivity contribution in [1.82, 2.24) is 4.57 Å². The van der Waals surface area contributed by atoms with Crippen molar-refractivity contribution in [2.45, 2.75) is 19.6 Å². The van der Waals surface area contributed by atoms with Crippen LogP contribution in [0.4, 0.5) is 0 Å². The van der Waals surface area contributed by atoms with Crippen LogP contribution in [-0.4, -0.2) is 10.4 Å². The summed E-state index contributed by atoms with van der Waals surface area (Å²) in [5.74, 6) is 0.735. The Morgan fingerprint density at radius 2 is 1.12 bits per heavy atom. The summed E-state index contributed by atoms with van der Waals surface area (Å²) in [5.41, 5.74) is 9.39. The molecule has 8 aromatic rings. The molecule has 0 aliphatic carbocycles. The first-order valence-electron chi connectivity index (χ1n) is 14.6. The Morgan fingerprint density at radius 1 is 0.488 bits per heavy atom. The van der Waals surface area contributed by atoms with Crippen LogP contribution in [0.1, 0.15) is 13.8 Å². The van der Waals surface area contributed by atoms with Gasteiger partial charge in [0, 0.05) is 58.3 Å². The third-order valence-corrected chi connectivity index (χ3v) is 8.49. The van der Waals surface area contributed by atoms with E-state index in [-0.39, 0.29) is 0 Å². The summed E-state index contributed by atoms with van der Waals surface area (Å²) in [6.45, 7) is 3.93. The highest BCUT2D eigenvalue weighted by Crippen LogP contribution is 2.46. The molecule has 0 radical (unpaired) electrons. The number of fused-ring (bicyclic) bond motifs is 9. The van der Waals surface area contributed by atoms with Gasteiger partial charge in [-0.2, -0.15) is 0 Å². The second-order valence-electron chi connectivity index (χ2n) is 11.7. The van der Waals surface area contributed by atoms with Gasteiger partial charge in [0.15, 0.2) is 0 Å². The average Bonchev–Trinajstić information content (AvgIpc) is 3.53. The minimum atomic E-state index is -0.852. The maximum atomic E-state index is 6.58. The highest BCUT2D eigenvalue weighted by atomic mass is 16.7. The highest BCUT2D eigenvalue weighted by molar-refractivity contribution is 6.09. The van der Waals surface area contributed by atoms with Gasteiger partial charge in [0.2, 0.25) is 5.79 Å². The summed E-state index contributed by atoms with van der Waals surface area (Å²) in [6, 6.07) is 44.6. The molecule has 4 nitrogen and oxygen atoms in total. The smallest absolute Gasteiger partial charge is 0.245 e. The molecule has 4 heteroatoms. The van der Waals surface area contributed by atoms with Gasteiger partial charge in [-0.25, -0.2) is 0 Å². The van der Waals surface area contributed by atoms with Crippen molar-refractivity contribution in [1.29, 1.82) is 0 Å². The quantitative estimate of drug-likeness (QED) is 0.212. The Kier molecular flexibility index (Phi) is 4.92. The van der Waals surface area contributed by atoms with E-state index in [0.29, 0.717) is 0 Å². The van der Waals surface area contributed by atoms with Gasteiger partial charge in [-0.1, -0.05) is 66.7 Å². The van der Waals surface area contributed by atoms with Crippen molar-refractivity contribution in [2.24, 2.45) is 0 Å². The Bertz CT molecular complexity index is 2340. The molecule has 0 bridgehead atoms. The molecule has 0 spiro atoms. The molecule has 206 valence electrons. The number of aromatic nitrogens is 1. The fourth-order valence-corrected chi connectivity index (χ4v) is 6.62. The normalized spacial score (nSPS) is 13.9. The number of furan rings is 1. The van der Waals surface area contributed by atoms with Gasteiger partial charge >= 0.3 is 0 Å². The molecule has 6 aromatic carbocycles. The van der Waals surface area contributed by atoms with Crippen LogP contribution in [0.25, 0.3) is 71.7 Å². The molecule has 0 atom stereocenters. The molecule has 0 saturated carbocycles. The molecule has 2 aromatic heterocycles. The molecule has 1 aliphatic heterocycles. The van der Waals surface area contributed by atoms with Crippen LogP contribution < -0.4 is 9.47 Å². The Labute approximate surface area is 248 Å². The van der Waals surface area contributed by atoms with Gasteiger partial charge in [-0.05, 0) is 65.7 Å². The van der Waals surface area contributed by atoms with Crippen LogP contribution in [-0.2, 0) is 0 Å². The summed E-state index contributed by atoms with van der Waals surface area (Å²) in [7, 11) is 0. The number of hydrogen-bond donors (Lipinski definition) is 0. The summed E-state index contributed by atoms with van der Waals surface area (Å²) in [4.78, 5) is 0. The zero-order valence-corrected chi connectivity index (χ0v) is 23.8. The maximum absolute atomic E-state index is 6.58. The van der Waals surface area contributed by atoms with Crippen molar-refractivity contribution < 1.29 is 13.9 Å². The largest absolute Gasteiger partial charge is 0.456 e. The van der Waals surface area contributed by atoms with E-state index in [1.807, 2.05) is 26.0 Å². The van der Waals surface area contributed by atoms with Crippen LogP contribution in [0.15, 0.2) is 132 Å². The van der Waals surface area contributed by atoms with Gasteiger partial charge in [-0.3, -0.25) is 0 Å². The lowest BCUT2D eigenvalue weighted by atomic mass is 9.96. The average molecular weight is 558 g/mol. The first-order chi connectivity index (χ1) is 21.0. The van der Waals surface area contributed by atoms with E-state index in [2.05, 4.69) is 120 Å². The van der Waals surface area contributed by atoms with Crippen LogP contribution >= 0.6 is 0 Å². The molecule has 43 heavy (non-hydrogen) atoms. The molecule has 9 rings (SSSR count). The van der Waals surface area contributed by atoms with E-state index in [1.54, 1.807) is 0 Å². The first kappa shape index (κ1) is 24.2. The number of para-hydroxylation sites is 3. The minimum Gasteiger partial charge on any atom is -0.456 e. The minimum absolute atomic E-state index is 0.788. The second-order valence-corrected chi connectivity index (χ2v) is 11.7. The third-order valence-electron chi connectivity index (χ3n) is 8.49. The van der Waals surface area contributed by atoms with Gasteiger partial charge in [0.25, 0.3) is 0 Å². The molecule has 0 fully saturated rings. The highest BCUT2D eigenvalue weighted by Gasteiger charge is 2.30. The number of nitrogens with zero attached hydrogens (tertiary/aromatic N) is 1. The molecule has 0 N–H and O–H groups in total. The molecule has 1 aliphatic rings. The Balaban J connectivity index is 1.22. The zero-order valence-electron chi connectivity index (χ0n) is 23.8. The molecule has 0 amide bonds. The van der Waals surface area contributed by atoms with Gasteiger partial charge in [0.05, 0.1) is 11.0 Å². The molecule has 0 unspecified atom stereocenters. The Morgan fingerprint density at radius 3 is 1.91 bits per heavy atom.